The molecule has 1 N–H and O–H groups in total. The first-order valence-corrected chi connectivity index (χ1v) is 9.89. The van der Waals surface area contributed by atoms with Gasteiger partial charge in [0.05, 0.1) is 30.9 Å². The lowest BCUT2D eigenvalue weighted by Gasteiger charge is -2.19. The highest BCUT2D eigenvalue weighted by Gasteiger charge is 2.47. The number of likely N-dealkylation sites (tertiary alicyclic amines) is 1. The van der Waals surface area contributed by atoms with E-state index in [1.165, 1.54) is 31.4 Å². The van der Waals surface area contributed by atoms with Gasteiger partial charge in [-0.25, -0.2) is 4.79 Å². The molecular weight excluding hydrogens is 392 g/mol. The fourth-order valence-corrected chi connectivity index (χ4v) is 3.88. The van der Waals surface area contributed by atoms with Gasteiger partial charge in [0.25, 0.3) is 5.91 Å². The molecule has 1 aliphatic heterocycles. The van der Waals surface area contributed by atoms with Gasteiger partial charge in [0.2, 0.25) is 11.8 Å². The number of hydrogen-bond donors (Lipinski definition) is 1. The van der Waals surface area contributed by atoms with Gasteiger partial charge in [0.1, 0.15) is 0 Å². The molecule has 0 bridgehead atoms. The summed E-state index contributed by atoms with van der Waals surface area (Å²) in [7, 11) is 1.27. The van der Waals surface area contributed by atoms with Crippen LogP contribution in [-0.2, 0) is 28.7 Å². The van der Waals surface area contributed by atoms with Gasteiger partial charge in [-0.05, 0) is 37.1 Å². The number of hydrogen-bond acceptors (Lipinski definition) is 7. The zero-order valence-electron chi connectivity index (χ0n) is 16.7. The lowest BCUT2D eigenvalue weighted by Crippen LogP contribution is -2.33. The molecule has 2 aliphatic rings. The maximum absolute atomic E-state index is 12.4. The number of imide groups is 1. The fourth-order valence-electron chi connectivity index (χ4n) is 3.88. The van der Waals surface area contributed by atoms with Crippen LogP contribution in [0.3, 0.4) is 0 Å². The monoisotopic (exact) mass is 416 g/mol. The van der Waals surface area contributed by atoms with E-state index >= 15 is 0 Å². The molecule has 1 aromatic rings. The Morgan fingerprint density at radius 1 is 1.03 bits per heavy atom. The molecule has 1 aliphatic carbocycles. The van der Waals surface area contributed by atoms with Crippen LogP contribution in [0.2, 0.25) is 0 Å². The molecule has 1 aromatic carbocycles. The van der Waals surface area contributed by atoms with Crippen molar-refractivity contribution >= 4 is 35.3 Å². The minimum Gasteiger partial charge on any atom is -0.465 e. The van der Waals surface area contributed by atoms with Crippen LogP contribution in [0, 0.1) is 11.8 Å². The Kier molecular flexibility index (Phi) is 6.81. The molecule has 160 valence electrons. The molecule has 1 saturated carbocycles. The van der Waals surface area contributed by atoms with Crippen LogP contribution in [0.4, 0.5) is 5.69 Å². The Labute approximate surface area is 173 Å². The van der Waals surface area contributed by atoms with E-state index < -0.39 is 24.5 Å². The number of methoxy groups -OCH3 is 1. The van der Waals surface area contributed by atoms with Crippen LogP contribution < -0.4 is 5.32 Å². The molecule has 0 radical (unpaired) electrons. The van der Waals surface area contributed by atoms with E-state index in [1.54, 1.807) is 0 Å². The number of nitrogens with zero attached hydrogens (tertiary/aromatic N) is 1. The summed E-state index contributed by atoms with van der Waals surface area (Å²) in [6.07, 6.45) is 3.17. The fraction of sp³-hybridized carbons (Fsp3) is 0.476. The minimum absolute atomic E-state index is 0.0277. The minimum atomic E-state index is -0.665. The number of esters is 2. The number of nitrogens with one attached hydrogen (secondary N) is 1. The van der Waals surface area contributed by atoms with Crippen molar-refractivity contribution in [3.63, 3.8) is 0 Å². The van der Waals surface area contributed by atoms with E-state index in [1.807, 2.05) is 0 Å². The van der Waals surface area contributed by atoms with Crippen LogP contribution in [-0.4, -0.2) is 54.8 Å². The number of benzene rings is 1. The Morgan fingerprint density at radius 3 is 2.20 bits per heavy atom. The number of amides is 3. The molecule has 9 nitrogen and oxygen atoms in total. The predicted molar refractivity (Wildman–Crippen MR) is 104 cm³/mol. The van der Waals surface area contributed by atoms with Gasteiger partial charge < -0.3 is 14.8 Å². The lowest BCUT2D eigenvalue weighted by atomic mass is 9.81. The number of carbonyl (C=O) groups excluding carboxylic acids is 5. The highest BCUT2D eigenvalue weighted by Crippen LogP contribution is 2.37. The quantitative estimate of drug-likeness (QED) is 0.529. The zero-order chi connectivity index (χ0) is 21.7. The van der Waals surface area contributed by atoms with Crippen LogP contribution in [0.25, 0.3) is 0 Å². The molecule has 0 spiro atoms. The summed E-state index contributed by atoms with van der Waals surface area (Å²) in [5, 5.41) is 2.54. The molecule has 0 unspecified atom stereocenters. The third kappa shape index (κ3) is 4.84. The summed E-state index contributed by atoms with van der Waals surface area (Å²) < 4.78 is 9.52. The highest BCUT2D eigenvalue weighted by atomic mass is 16.5. The third-order valence-corrected chi connectivity index (χ3v) is 5.43. The smallest absolute Gasteiger partial charge is 0.337 e. The van der Waals surface area contributed by atoms with Gasteiger partial charge in [-0.1, -0.05) is 12.8 Å². The van der Waals surface area contributed by atoms with Gasteiger partial charge in [-0.15, -0.1) is 0 Å². The molecule has 2 atom stereocenters. The van der Waals surface area contributed by atoms with Crippen molar-refractivity contribution in [1.82, 2.24) is 4.90 Å². The van der Waals surface area contributed by atoms with Crippen molar-refractivity contribution in [2.75, 3.05) is 25.6 Å². The maximum atomic E-state index is 12.4. The maximum Gasteiger partial charge on any atom is 0.337 e. The Bertz CT molecular complexity index is 825. The molecule has 30 heavy (non-hydrogen) atoms. The number of anilines is 1. The molecule has 9 heteroatoms. The Morgan fingerprint density at radius 2 is 1.63 bits per heavy atom. The van der Waals surface area contributed by atoms with Gasteiger partial charge in [0, 0.05) is 12.2 Å². The van der Waals surface area contributed by atoms with E-state index in [9.17, 15) is 24.0 Å². The topological polar surface area (TPSA) is 119 Å². The van der Waals surface area contributed by atoms with Crippen molar-refractivity contribution < 1.29 is 33.4 Å². The molecule has 1 heterocycles. The number of fused-ring (bicyclic) bond motifs is 1. The zero-order valence-corrected chi connectivity index (χ0v) is 16.7. The van der Waals surface area contributed by atoms with Gasteiger partial charge in [-0.3, -0.25) is 24.1 Å². The van der Waals surface area contributed by atoms with Crippen molar-refractivity contribution in [2.45, 2.75) is 32.1 Å². The Balaban J connectivity index is 1.41. The van der Waals surface area contributed by atoms with E-state index in [0.29, 0.717) is 11.3 Å². The third-order valence-electron chi connectivity index (χ3n) is 5.43. The van der Waals surface area contributed by atoms with Crippen LogP contribution in [0.15, 0.2) is 24.3 Å². The molecule has 1 saturated heterocycles. The van der Waals surface area contributed by atoms with Gasteiger partial charge >= 0.3 is 11.9 Å². The first kappa shape index (κ1) is 21.5. The largest absolute Gasteiger partial charge is 0.465 e. The summed E-state index contributed by atoms with van der Waals surface area (Å²) >= 11 is 0. The SMILES string of the molecule is COC(=O)c1ccc(NC(=O)COC(=O)CCN2C(=O)[C@@H]3CCCC[C@H]3C2=O)cc1. The summed E-state index contributed by atoms with van der Waals surface area (Å²) in [6, 6.07) is 6.04. The summed E-state index contributed by atoms with van der Waals surface area (Å²) in [4.78, 5) is 61.2. The second kappa shape index (κ2) is 9.51. The van der Waals surface area contributed by atoms with Crippen LogP contribution in [0.1, 0.15) is 42.5 Å². The van der Waals surface area contributed by atoms with Crippen LogP contribution >= 0.6 is 0 Å². The number of ether oxygens (including phenoxy) is 2. The summed E-state index contributed by atoms with van der Waals surface area (Å²) in [6.45, 7) is -0.523. The van der Waals surface area contributed by atoms with Gasteiger partial charge in [-0.2, -0.15) is 0 Å². The molecular formula is C21H24N2O7. The van der Waals surface area contributed by atoms with E-state index in [2.05, 4.69) is 10.1 Å². The van der Waals surface area contributed by atoms with Crippen molar-refractivity contribution in [3.05, 3.63) is 29.8 Å². The highest BCUT2D eigenvalue weighted by molar-refractivity contribution is 6.05. The molecule has 3 amide bonds. The normalized spacial score (nSPS) is 20.5. The predicted octanol–water partition coefficient (Wildman–Crippen LogP) is 1.52. The summed E-state index contributed by atoms with van der Waals surface area (Å²) in [5.74, 6) is -2.61. The first-order valence-electron chi connectivity index (χ1n) is 9.89. The van der Waals surface area contributed by atoms with E-state index in [0.717, 1.165) is 30.6 Å². The lowest BCUT2D eigenvalue weighted by molar-refractivity contribution is -0.148. The molecule has 0 aromatic heterocycles. The summed E-state index contributed by atoms with van der Waals surface area (Å²) in [5.41, 5.74) is 0.771. The van der Waals surface area contributed by atoms with E-state index in [-0.39, 0.29) is 36.6 Å². The van der Waals surface area contributed by atoms with Crippen molar-refractivity contribution in [2.24, 2.45) is 11.8 Å². The van der Waals surface area contributed by atoms with E-state index in [4.69, 9.17) is 4.74 Å². The average Bonchev–Trinajstić information content (AvgIpc) is 3.01. The standard InChI is InChI=1S/C21H24N2O7/c1-29-21(28)13-6-8-14(9-7-13)22-17(24)12-30-18(25)10-11-23-19(26)15-4-2-3-5-16(15)20(23)27/h6-9,15-16H,2-5,10-12H2,1H3,(H,22,24)/t15-,16-/m1/s1. The first-order chi connectivity index (χ1) is 14.4. The van der Waals surface area contributed by atoms with Crippen molar-refractivity contribution in [3.8, 4) is 0 Å². The molecule has 3 rings (SSSR count). The Hall–Kier alpha value is -3.23. The average molecular weight is 416 g/mol. The van der Waals surface area contributed by atoms with Crippen molar-refractivity contribution in [1.29, 1.82) is 0 Å². The second-order valence-corrected chi connectivity index (χ2v) is 7.35. The van der Waals surface area contributed by atoms with Crippen LogP contribution in [0.5, 0.6) is 0 Å². The molecule has 2 fully saturated rings. The second-order valence-electron chi connectivity index (χ2n) is 7.35. The number of carbonyl (C=O) groups is 5. The number of rotatable bonds is 7. The van der Waals surface area contributed by atoms with Gasteiger partial charge in [0.15, 0.2) is 6.61 Å².